The molecule has 0 aliphatic heterocycles. The van der Waals surface area contributed by atoms with Crippen LogP contribution in [-0.4, -0.2) is 12.2 Å². The molecule has 2 aromatic rings. The Bertz CT molecular complexity index is 520. The first-order valence-electron chi connectivity index (χ1n) is 5.50. The number of halogens is 2. The van der Waals surface area contributed by atoms with Crippen LogP contribution >= 0.6 is 0 Å². The van der Waals surface area contributed by atoms with Crippen LogP contribution in [0.15, 0.2) is 42.5 Å². The van der Waals surface area contributed by atoms with Crippen LogP contribution in [0.25, 0.3) is 0 Å². The highest BCUT2D eigenvalue weighted by Crippen LogP contribution is 2.19. The van der Waals surface area contributed by atoms with E-state index < -0.39 is 5.82 Å². The molecule has 0 bridgehead atoms. The Hall–Kier alpha value is -2.10. The Balaban J connectivity index is 2.15. The largest absolute Gasteiger partial charge is 0.508 e. The summed E-state index contributed by atoms with van der Waals surface area (Å²) in [4.78, 5) is 1.84. The van der Waals surface area contributed by atoms with Crippen molar-refractivity contribution in [1.29, 1.82) is 0 Å². The lowest BCUT2D eigenvalue weighted by Gasteiger charge is -2.19. The number of aromatic hydroxyl groups is 1. The van der Waals surface area contributed by atoms with Crippen LogP contribution < -0.4 is 4.90 Å². The molecule has 18 heavy (non-hydrogen) atoms. The van der Waals surface area contributed by atoms with Gasteiger partial charge in [0.25, 0.3) is 0 Å². The van der Waals surface area contributed by atoms with Gasteiger partial charge in [-0.25, -0.2) is 8.78 Å². The minimum Gasteiger partial charge on any atom is -0.508 e. The van der Waals surface area contributed by atoms with Gasteiger partial charge in [0.1, 0.15) is 17.4 Å². The van der Waals surface area contributed by atoms with Crippen molar-refractivity contribution in [3.05, 3.63) is 59.7 Å². The van der Waals surface area contributed by atoms with Crippen LogP contribution in [0.5, 0.6) is 5.75 Å². The van der Waals surface area contributed by atoms with Gasteiger partial charge in [-0.05, 0) is 42.0 Å². The molecular weight excluding hydrogens is 236 g/mol. The van der Waals surface area contributed by atoms with E-state index in [9.17, 15) is 13.9 Å². The molecule has 0 aliphatic carbocycles. The number of hydrogen-bond donors (Lipinski definition) is 1. The zero-order chi connectivity index (χ0) is 13.1. The van der Waals surface area contributed by atoms with Crippen molar-refractivity contribution in [2.75, 3.05) is 11.9 Å². The highest BCUT2D eigenvalue weighted by Gasteiger charge is 2.05. The van der Waals surface area contributed by atoms with Crippen molar-refractivity contribution in [3.63, 3.8) is 0 Å². The van der Waals surface area contributed by atoms with Gasteiger partial charge in [0.15, 0.2) is 0 Å². The number of benzene rings is 2. The van der Waals surface area contributed by atoms with Crippen molar-refractivity contribution < 1.29 is 13.9 Å². The summed E-state index contributed by atoms with van der Waals surface area (Å²) in [5, 5.41) is 9.31. The summed E-state index contributed by atoms with van der Waals surface area (Å²) in [6, 6.07) is 9.96. The van der Waals surface area contributed by atoms with Crippen molar-refractivity contribution >= 4 is 5.69 Å². The molecule has 2 aromatic carbocycles. The molecule has 0 atom stereocenters. The lowest BCUT2D eigenvalue weighted by atomic mass is 10.2. The Morgan fingerprint density at radius 3 is 2.28 bits per heavy atom. The lowest BCUT2D eigenvalue weighted by molar-refractivity contribution is 0.468. The van der Waals surface area contributed by atoms with Crippen LogP contribution in [0.4, 0.5) is 14.5 Å². The topological polar surface area (TPSA) is 23.5 Å². The molecule has 0 saturated heterocycles. The maximum Gasteiger partial charge on any atom is 0.127 e. The van der Waals surface area contributed by atoms with E-state index in [0.29, 0.717) is 12.1 Å². The molecule has 0 spiro atoms. The zero-order valence-corrected chi connectivity index (χ0v) is 9.90. The quantitative estimate of drug-likeness (QED) is 0.902. The molecule has 0 heterocycles. The highest BCUT2D eigenvalue weighted by molar-refractivity contribution is 5.46. The van der Waals surface area contributed by atoms with E-state index in [4.69, 9.17) is 0 Å². The number of anilines is 1. The molecule has 4 heteroatoms. The fourth-order valence-electron chi connectivity index (χ4n) is 1.79. The molecule has 0 aromatic heterocycles. The maximum atomic E-state index is 13.1. The van der Waals surface area contributed by atoms with Gasteiger partial charge in [0, 0.05) is 25.3 Å². The lowest BCUT2D eigenvalue weighted by Crippen LogP contribution is -2.16. The number of phenols is 1. The first kappa shape index (κ1) is 12.4. The fourth-order valence-corrected chi connectivity index (χ4v) is 1.79. The van der Waals surface area contributed by atoms with Crippen LogP contribution in [0.3, 0.4) is 0 Å². The van der Waals surface area contributed by atoms with Gasteiger partial charge in [-0.2, -0.15) is 0 Å². The van der Waals surface area contributed by atoms with Gasteiger partial charge < -0.3 is 10.0 Å². The van der Waals surface area contributed by atoms with E-state index in [2.05, 4.69) is 0 Å². The highest BCUT2D eigenvalue weighted by atomic mass is 19.1. The third-order valence-electron chi connectivity index (χ3n) is 2.63. The third kappa shape index (κ3) is 2.97. The number of hydrogen-bond acceptors (Lipinski definition) is 2. The Kier molecular flexibility index (Phi) is 3.46. The van der Waals surface area contributed by atoms with E-state index >= 15 is 0 Å². The molecule has 0 radical (unpaired) electrons. The average molecular weight is 249 g/mol. The summed E-state index contributed by atoms with van der Waals surface area (Å²) in [6.07, 6.45) is 0. The van der Waals surface area contributed by atoms with E-state index in [1.807, 2.05) is 11.9 Å². The van der Waals surface area contributed by atoms with Crippen LogP contribution in [0.2, 0.25) is 0 Å². The minimum atomic E-state index is -0.475. The van der Waals surface area contributed by atoms with Crippen molar-refractivity contribution in [1.82, 2.24) is 0 Å². The predicted octanol–water partition coefficient (Wildman–Crippen LogP) is 3.31. The third-order valence-corrected chi connectivity index (χ3v) is 2.63. The SMILES string of the molecule is CN(Cc1cc(O)cc(F)c1)c1ccc(F)cc1. The van der Waals surface area contributed by atoms with E-state index in [1.54, 1.807) is 12.1 Å². The summed E-state index contributed by atoms with van der Waals surface area (Å²) < 4.78 is 25.9. The molecule has 0 unspecified atom stereocenters. The Morgan fingerprint density at radius 1 is 1.00 bits per heavy atom. The molecule has 0 saturated carbocycles. The Morgan fingerprint density at radius 2 is 1.67 bits per heavy atom. The van der Waals surface area contributed by atoms with Crippen LogP contribution in [0.1, 0.15) is 5.56 Å². The monoisotopic (exact) mass is 249 g/mol. The normalized spacial score (nSPS) is 10.4. The summed E-state index contributed by atoms with van der Waals surface area (Å²) in [5.41, 5.74) is 1.47. The van der Waals surface area contributed by atoms with Gasteiger partial charge in [0.2, 0.25) is 0 Å². The number of phenolic OH excluding ortho intramolecular Hbond substituents is 1. The van der Waals surface area contributed by atoms with Gasteiger partial charge in [-0.1, -0.05) is 0 Å². The molecule has 0 amide bonds. The van der Waals surface area contributed by atoms with E-state index in [-0.39, 0.29) is 11.6 Å². The maximum absolute atomic E-state index is 13.1. The molecule has 94 valence electrons. The van der Waals surface area contributed by atoms with Crippen LogP contribution in [-0.2, 0) is 6.54 Å². The average Bonchev–Trinajstić information content (AvgIpc) is 2.28. The summed E-state index contributed by atoms with van der Waals surface area (Å²) >= 11 is 0. The second kappa shape index (κ2) is 5.04. The molecule has 2 rings (SSSR count). The minimum absolute atomic E-state index is 0.0995. The van der Waals surface area contributed by atoms with Gasteiger partial charge >= 0.3 is 0 Å². The van der Waals surface area contributed by atoms with E-state index in [0.717, 1.165) is 11.8 Å². The smallest absolute Gasteiger partial charge is 0.127 e. The van der Waals surface area contributed by atoms with Crippen molar-refractivity contribution in [2.45, 2.75) is 6.54 Å². The van der Waals surface area contributed by atoms with Gasteiger partial charge in [0.05, 0.1) is 0 Å². The van der Waals surface area contributed by atoms with Gasteiger partial charge in [-0.3, -0.25) is 0 Å². The summed E-state index contributed by atoms with van der Waals surface area (Å²) in [7, 11) is 1.81. The molecule has 0 aliphatic rings. The number of nitrogens with zero attached hydrogens (tertiary/aromatic N) is 1. The van der Waals surface area contributed by atoms with E-state index in [1.165, 1.54) is 24.3 Å². The molecular formula is C14H13F2NO. The summed E-state index contributed by atoms with van der Waals surface area (Å²) in [5.74, 6) is -0.870. The fraction of sp³-hybridized carbons (Fsp3) is 0.143. The first-order chi connectivity index (χ1) is 8.54. The molecule has 2 nitrogen and oxygen atoms in total. The zero-order valence-electron chi connectivity index (χ0n) is 9.90. The molecule has 1 N–H and O–H groups in total. The summed E-state index contributed by atoms with van der Waals surface area (Å²) in [6.45, 7) is 0.428. The second-order valence-electron chi connectivity index (χ2n) is 4.15. The van der Waals surface area contributed by atoms with Crippen molar-refractivity contribution in [2.24, 2.45) is 0 Å². The Labute approximate surface area is 104 Å². The standard InChI is InChI=1S/C14H13F2NO/c1-17(13-4-2-11(15)3-5-13)9-10-6-12(16)8-14(18)7-10/h2-8,18H,9H2,1H3. The predicted molar refractivity (Wildman–Crippen MR) is 66.6 cm³/mol. The van der Waals surface area contributed by atoms with Crippen LogP contribution in [0, 0.1) is 11.6 Å². The van der Waals surface area contributed by atoms with Crippen molar-refractivity contribution in [3.8, 4) is 5.75 Å². The van der Waals surface area contributed by atoms with Gasteiger partial charge in [-0.15, -0.1) is 0 Å². The molecule has 0 fully saturated rings. The second-order valence-corrected chi connectivity index (χ2v) is 4.15. The first-order valence-corrected chi connectivity index (χ1v) is 5.50. The number of rotatable bonds is 3.